The molecule has 0 spiro atoms. The van der Waals surface area contributed by atoms with Gasteiger partial charge >= 0.3 is 5.97 Å². The second kappa shape index (κ2) is 4.66. The van der Waals surface area contributed by atoms with Crippen LogP contribution in [-0.2, 0) is 4.79 Å². The third kappa shape index (κ3) is 2.77. The monoisotopic (exact) mass is 229 g/mol. The van der Waals surface area contributed by atoms with Crippen molar-refractivity contribution >= 4 is 35.0 Å². The molecule has 7 heteroatoms. The third-order valence-corrected chi connectivity index (χ3v) is 2.37. The highest BCUT2D eigenvalue weighted by molar-refractivity contribution is 7.14. The molecular weight excluding hydrogens is 226 g/mol. The van der Waals surface area contributed by atoms with Crippen LogP contribution >= 0.6 is 22.9 Å². The maximum Gasteiger partial charge on any atom is 0.338 e. The first-order chi connectivity index (χ1) is 6.63. The third-order valence-electron chi connectivity index (χ3n) is 1.26. The Morgan fingerprint density at radius 1 is 1.79 bits per heavy atom. The molecule has 1 aromatic rings. The highest BCUT2D eigenvalue weighted by Crippen LogP contribution is 2.22. The molecule has 14 heavy (non-hydrogen) atoms. The van der Waals surface area contributed by atoms with Crippen molar-refractivity contribution in [2.24, 2.45) is 5.11 Å². The Hall–Kier alpha value is -1.49. The number of carboxylic acid groups (broad SMARTS) is 1. The van der Waals surface area contributed by atoms with E-state index in [1.165, 1.54) is 17.4 Å². The van der Waals surface area contributed by atoms with Gasteiger partial charge in [-0.1, -0.05) is 16.7 Å². The number of carboxylic acids is 1. The summed E-state index contributed by atoms with van der Waals surface area (Å²) >= 11 is 6.91. The van der Waals surface area contributed by atoms with E-state index in [9.17, 15) is 4.79 Å². The zero-order chi connectivity index (χ0) is 10.6. The zero-order valence-electron chi connectivity index (χ0n) is 6.72. The van der Waals surface area contributed by atoms with Crippen molar-refractivity contribution < 1.29 is 9.90 Å². The number of thiophene rings is 1. The first-order valence-electron chi connectivity index (χ1n) is 3.37. The zero-order valence-corrected chi connectivity index (χ0v) is 8.29. The van der Waals surface area contributed by atoms with Crippen LogP contribution < -0.4 is 0 Å². The number of hydrogen-bond acceptors (Lipinski definition) is 3. The molecule has 0 saturated carbocycles. The van der Waals surface area contributed by atoms with Crippen LogP contribution in [0.15, 0.2) is 22.3 Å². The quantitative estimate of drug-likeness (QED) is 0.374. The first-order valence-corrected chi connectivity index (χ1v) is 4.63. The summed E-state index contributed by atoms with van der Waals surface area (Å²) in [6.07, 6.45) is 1.25. The lowest BCUT2D eigenvalue weighted by molar-refractivity contribution is -0.132. The molecule has 0 aliphatic carbocycles. The van der Waals surface area contributed by atoms with E-state index in [2.05, 4.69) is 10.0 Å². The van der Waals surface area contributed by atoms with Gasteiger partial charge in [0.2, 0.25) is 0 Å². The van der Waals surface area contributed by atoms with Crippen LogP contribution in [0.4, 0.5) is 0 Å². The van der Waals surface area contributed by atoms with E-state index in [4.69, 9.17) is 22.2 Å². The highest BCUT2D eigenvalue weighted by atomic mass is 35.5. The van der Waals surface area contributed by atoms with E-state index < -0.39 is 5.97 Å². The van der Waals surface area contributed by atoms with E-state index in [1.54, 1.807) is 11.4 Å². The van der Waals surface area contributed by atoms with Crippen LogP contribution in [0.1, 0.15) is 5.56 Å². The highest BCUT2D eigenvalue weighted by Gasteiger charge is 2.05. The Morgan fingerprint density at radius 2 is 2.50 bits per heavy atom. The van der Waals surface area contributed by atoms with Crippen molar-refractivity contribution in [2.75, 3.05) is 0 Å². The summed E-state index contributed by atoms with van der Waals surface area (Å²) in [5.74, 6) is -1.27. The van der Waals surface area contributed by atoms with Gasteiger partial charge in [0.1, 0.15) is 5.70 Å². The number of aliphatic carboxylic acids is 1. The Morgan fingerprint density at radius 3 is 2.93 bits per heavy atom. The SMILES string of the molecule is [N-]=[N+]=NC(=Cc1csc(Cl)c1)C(=O)O. The molecule has 1 heterocycles. The second-order valence-electron chi connectivity index (χ2n) is 2.21. The fourth-order valence-electron chi connectivity index (χ4n) is 0.739. The number of halogens is 1. The van der Waals surface area contributed by atoms with Crippen LogP contribution in [0.25, 0.3) is 16.5 Å². The second-order valence-corrected chi connectivity index (χ2v) is 3.75. The normalized spacial score (nSPS) is 10.8. The molecule has 1 rings (SSSR count). The van der Waals surface area contributed by atoms with Gasteiger partial charge in [0.05, 0.1) is 4.34 Å². The van der Waals surface area contributed by atoms with E-state index in [1.807, 2.05) is 0 Å². The molecule has 0 radical (unpaired) electrons. The number of hydrogen-bond donors (Lipinski definition) is 1. The summed E-state index contributed by atoms with van der Waals surface area (Å²) in [6.45, 7) is 0. The van der Waals surface area contributed by atoms with Crippen LogP contribution in [-0.4, -0.2) is 11.1 Å². The molecule has 0 aromatic carbocycles. The van der Waals surface area contributed by atoms with Crippen LogP contribution in [0.3, 0.4) is 0 Å². The van der Waals surface area contributed by atoms with Gasteiger partial charge in [0.25, 0.3) is 0 Å². The largest absolute Gasteiger partial charge is 0.478 e. The molecule has 0 fully saturated rings. The summed E-state index contributed by atoms with van der Waals surface area (Å²) in [7, 11) is 0. The average molecular weight is 230 g/mol. The fraction of sp³-hybridized carbons (Fsp3) is 0. The molecule has 1 aromatic heterocycles. The molecule has 0 saturated heterocycles. The summed E-state index contributed by atoms with van der Waals surface area (Å²) in [6, 6.07) is 1.59. The Balaban J connectivity index is 3.04. The Bertz CT molecular complexity index is 430. The molecular formula is C7H4ClN3O2S. The smallest absolute Gasteiger partial charge is 0.338 e. The number of azide groups is 1. The minimum atomic E-state index is -1.27. The van der Waals surface area contributed by atoms with Crippen LogP contribution in [0, 0.1) is 0 Å². The molecule has 0 aliphatic heterocycles. The number of nitrogens with zero attached hydrogens (tertiary/aromatic N) is 3. The molecule has 0 bridgehead atoms. The standard InChI is InChI=1S/C7H4ClN3O2S/c8-6-2-4(3-14-6)1-5(7(12)13)10-11-9/h1-3H,(H,12,13). The van der Waals surface area contributed by atoms with Gasteiger partial charge in [-0.3, -0.25) is 0 Å². The first kappa shape index (κ1) is 10.6. The predicted octanol–water partition coefficient (Wildman–Crippen LogP) is 3.14. The van der Waals surface area contributed by atoms with Crippen LogP contribution in [0.2, 0.25) is 4.34 Å². The molecule has 0 amide bonds. The summed E-state index contributed by atoms with van der Waals surface area (Å²) in [5.41, 5.74) is 8.34. The molecule has 0 atom stereocenters. The summed E-state index contributed by atoms with van der Waals surface area (Å²) in [5, 5.41) is 13.3. The maximum atomic E-state index is 10.5. The van der Waals surface area contributed by atoms with Crippen molar-refractivity contribution in [2.45, 2.75) is 0 Å². The predicted molar refractivity (Wildman–Crippen MR) is 54.1 cm³/mol. The van der Waals surface area contributed by atoms with Crippen molar-refractivity contribution in [1.29, 1.82) is 0 Å². The lowest BCUT2D eigenvalue weighted by atomic mass is 10.3. The fourth-order valence-corrected chi connectivity index (χ4v) is 1.59. The lowest BCUT2D eigenvalue weighted by Gasteiger charge is -1.89. The van der Waals surface area contributed by atoms with Gasteiger partial charge in [0.15, 0.2) is 0 Å². The Labute approximate surface area is 87.9 Å². The van der Waals surface area contributed by atoms with E-state index in [-0.39, 0.29) is 5.70 Å². The van der Waals surface area contributed by atoms with Gasteiger partial charge < -0.3 is 5.11 Å². The van der Waals surface area contributed by atoms with Gasteiger partial charge in [0, 0.05) is 4.91 Å². The maximum absolute atomic E-state index is 10.5. The molecule has 5 nitrogen and oxygen atoms in total. The van der Waals surface area contributed by atoms with E-state index in [0.29, 0.717) is 9.90 Å². The van der Waals surface area contributed by atoms with Crippen molar-refractivity contribution in [3.63, 3.8) is 0 Å². The molecule has 0 unspecified atom stereocenters. The van der Waals surface area contributed by atoms with Crippen LogP contribution in [0.5, 0.6) is 0 Å². The number of carbonyl (C=O) groups is 1. The van der Waals surface area contributed by atoms with Crippen molar-refractivity contribution in [3.05, 3.63) is 37.5 Å². The van der Waals surface area contributed by atoms with Gasteiger partial charge in [-0.25, -0.2) is 4.79 Å². The molecule has 1 N–H and O–H groups in total. The van der Waals surface area contributed by atoms with E-state index in [0.717, 1.165) is 0 Å². The topological polar surface area (TPSA) is 86.1 Å². The minimum Gasteiger partial charge on any atom is -0.478 e. The summed E-state index contributed by atoms with van der Waals surface area (Å²) in [4.78, 5) is 12.9. The minimum absolute atomic E-state index is 0.359. The summed E-state index contributed by atoms with van der Waals surface area (Å²) < 4.78 is 0.543. The average Bonchev–Trinajstić information content (AvgIpc) is 2.50. The van der Waals surface area contributed by atoms with Gasteiger partial charge in [-0.15, -0.1) is 11.3 Å². The van der Waals surface area contributed by atoms with Gasteiger partial charge in [-0.2, -0.15) is 0 Å². The lowest BCUT2D eigenvalue weighted by Crippen LogP contribution is -1.96. The van der Waals surface area contributed by atoms with Gasteiger partial charge in [-0.05, 0) is 28.6 Å². The Kier molecular flexibility index (Phi) is 3.53. The molecule has 72 valence electrons. The molecule has 0 aliphatic rings. The van der Waals surface area contributed by atoms with Crippen molar-refractivity contribution in [1.82, 2.24) is 0 Å². The van der Waals surface area contributed by atoms with Crippen molar-refractivity contribution in [3.8, 4) is 0 Å². The van der Waals surface area contributed by atoms with E-state index >= 15 is 0 Å². The number of rotatable bonds is 3.